The Morgan fingerprint density at radius 2 is 1.27 bits per heavy atom. The van der Waals surface area contributed by atoms with Crippen LogP contribution < -0.4 is 21.7 Å². The van der Waals surface area contributed by atoms with E-state index in [9.17, 15) is 24.0 Å². The van der Waals surface area contributed by atoms with Crippen molar-refractivity contribution >= 4 is 29.9 Å². The molecule has 11 heteroatoms. The van der Waals surface area contributed by atoms with Crippen molar-refractivity contribution in [3.63, 3.8) is 0 Å². The number of likely N-dealkylation sites (N-methyl/N-ethyl adjacent to an activating group) is 3. The lowest BCUT2D eigenvalue weighted by Crippen LogP contribution is -2.66. The summed E-state index contributed by atoms with van der Waals surface area (Å²) >= 11 is 0. The number of nitrogens with one attached hydrogen (secondary N) is 3. The monoisotopic (exact) mass is 526 g/mol. The van der Waals surface area contributed by atoms with E-state index in [1.807, 2.05) is 41.5 Å². The molecule has 5 atom stereocenters. The number of hydrogen-bond donors (Lipinski definition) is 4. The topological polar surface area (TPSA) is 154 Å². The maximum atomic E-state index is 13.3. The highest BCUT2D eigenvalue weighted by atomic mass is 16.2. The number of nitrogens with zero attached hydrogens (tertiary/aromatic N) is 2. The first-order valence-corrected chi connectivity index (χ1v) is 13.0. The van der Waals surface area contributed by atoms with Gasteiger partial charge in [0.2, 0.25) is 23.6 Å². The van der Waals surface area contributed by atoms with Gasteiger partial charge in [0.05, 0.1) is 12.1 Å². The van der Waals surface area contributed by atoms with Gasteiger partial charge in [-0.3, -0.25) is 29.3 Å². The van der Waals surface area contributed by atoms with E-state index >= 15 is 0 Å². The maximum Gasteiger partial charge on any atom is 0.244 e. The highest BCUT2D eigenvalue weighted by Gasteiger charge is 2.38. The van der Waals surface area contributed by atoms with Crippen molar-refractivity contribution in [2.45, 2.75) is 98.1 Å². The van der Waals surface area contributed by atoms with Crippen LogP contribution in [0.3, 0.4) is 0 Å². The Bertz CT molecular complexity index is 802. The van der Waals surface area contributed by atoms with Crippen LogP contribution in [0.1, 0.15) is 68.2 Å². The second kappa shape index (κ2) is 15.0. The molecular formula is C26H50N6O5. The van der Waals surface area contributed by atoms with E-state index in [2.05, 4.69) is 16.0 Å². The number of rotatable bonds is 15. The number of nitrogens with two attached hydrogens (primary N) is 1. The van der Waals surface area contributed by atoms with Gasteiger partial charge in [-0.2, -0.15) is 0 Å². The van der Waals surface area contributed by atoms with E-state index in [1.54, 1.807) is 6.92 Å². The third-order valence-corrected chi connectivity index (χ3v) is 6.38. The van der Waals surface area contributed by atoms with Gasteiger partial charge in [-0.25, -0.2) is 0 Å². The molecular weight excluding hydrogens is 476 g/mol. The van der Waals surface area contributed by atoms with Crippen LogP contribution in [0.15, 0.2) is 0 Å². The molecule has 214 valence electrons. The molecule has 0 saturated heterocycles. The fourth-order valence-electron chi connectivity index (χ4n) is 4.02. The molecule has 0 aromatic heterocycles. The van der Waals surface area contributed by atoms with Crippen LogP contribution in [0.4, 0.5) is 0 Å². The standard InChI is InChI=1S/C26H50N6O5/c1-15(2)12-19(22(34)28-9)31(10)24(36)18(7)29-26(8,14-33)30-23(35)20(13-16(3)4)32(11)25(37)21(27)17(5)6/h14-21,29H,12-13,27H2,1-11H3,(H,28,34)(H,30,35). The second-order valence-corrected chi connectivity index (χ2v) is 11.2. The van der Waals surface area contributed by atoms with Crippen LogP contribution in [-0.4, -0.2) is 90.7 Å². The van der Waals surface area contributed by atoms with Crippen molar-refractivity contribution in [1.82, 2.24) is 25.8 Å². The summed E-state index contributed by atoms with van der Waals surface area (Å²) in [5, 5.41) is 8.14. The van der Waals surface area contributed by atoms with E-state index < -0.39 is 41.6 Å². The predicted molar refractivity (Wildman–Crippen MR) is 144 cm³/mol. The van der Waals surface area contributed by atoms with Gasteiger partial charge in [-0.1, -0.05) is 41.5 Å². The highest BCUT2D eigenvalue weighted by Crippen LogP contribution is 2.16. The van der Waals surface area contributed by atoms with Gasteiger partial charge in [-0.15, -0.1) is 0 Å². The fourth-order valence-corrected chi connectivity index (χ4v) is 4.02. The van der Waals surface area contributed by atoms with Crippen LogP contribution in [0, 0.1) is 17.8 Å². The van der Waals surface area contributed by atoms with Gasteiger partial charge >= 0.3 is 0 Å². The Kier molecular flexibility index (Phi) is 14.0. The van der Waals surface area contributed by atoms with Crippen LogP contribution in [0.25, 0.3) is 0 Å². The molecule has 0 radical (unpaired) electrons. The molecule has 0 saturated carbocycles. The molecule has 0 fully saturated rings. The number of hydrogen-bond acceptors (Lipinski definition) is 7. The normalized spacial score (nSPS) is 16.4. The molecule has 0 spiro atoms. The van der Waals surface area contributed by atoms with Crippen molar-refractivity contribution < 1.29 is 24.0 Å². The van der Waals surface area contributed by atoms with Crippen LogP contribution in [0.2, 0.25) is 0 Å². The van der Waals surface area contributed by atoms with E-state index in [0.717, 1.165) is 0 Å². The minimum Gasteiger partial charge on any atom is -0.357 e. The molecule has 0 aromatic rings. The Labute approximate surface area is 222 Å². The SMILES string of the molecule is CNC(=O)C(CC(C)C)N(C)C(=O)C(C)NC(C)(C=O)NC(=O)C(CC(C)C)N(C)C(=O)C(N)C(C)C. The summed E-state index contributed by atoms with van der Waals surface area (Å²) in [6.07, 6.45) is 1.33. The number of aldehydes is 1. The van der Waals surface area contributed by atoms with Crippen LogP contribution >= 0.6 is 0 Å². The average molecular weight is 527 g/mol. The molecule has 11 nitrogen and oxygen atoms in total. The zero-order chi connectivity index (χ0) is 29.2. The first-order valence-electron chi connectivity index (χ1n) is 13.0. The second-order valence-electron chi connectivity index (χ2n) is 11.2. The average Bonchev–Trinajstić information content (AvgIpc) is 2.82. The molecule has 5 N–H and O–H groups in total. The van der Waals surface area contributed by atoms with Crippen molar-refractivity contribution in [2.75, 3.05) is 21.1 Å². The molecule has 0 aliphatic carbocycles. The predicted octanol–water partition coefficient (Wildman–Crippen LogP) is 0.471. The van der Waals surface area contributed by atoms with Gasteiger partial charge in [0.1, 0.15) is 17.7 Å². The smallest absolute Gasteiger partial charge is 0.244 e. The van der Waals surface area contributed by atoms with Crippen LogP contribution in [0.5, 0.6) is 0 Å². The summed E-state index contributed by atoms with van der Waals surface area (Å²) in [4.78, 5) is 66.6. The van der Waals surface area contributed by atoms with Crippen molar-refractivity contribution in [3.05, 3.63) is 0 Å². The quantitative estimate of drug-likeness (QED) is 0.179. The van der Waals surface area contributed by atoms with Crippen molar-refractivity contribution in [3.8, 4) is 0 Å². The highest BCUT2D eigenvalue weighted by molar-refractivity contribution is 5.92. The van der Waals surface area contributed by atoms with Gasteiger partial charge in [0.25, 0.3) is 0 Å². The Balaban J connectivity index is 5.76. The number of amides is 4. The van der Waals surface area contributed by atoms with Crippen molar-refractivity contribution in [2.24, 2.45) is 23.5 Å². The summed E-state index contributed by atoms with van der Waals surface area (Å²) in [5.74, 6) is -1.48. The van der Waals surface area contributed by atoms with E-state index in [0.29, 0.717) is 19.1 Å². The largest absolute Gasteiger partial charge is 0.357 e. The van der Waals surface area contributed by atoms with Crippen LogP contribution in [-0.2, 0) is 24.0 Å². The minimum absolute atomic E-state index is 0.0773. The fraction of sp³-hybridized carbons (Fsp3) is 0.808. The Morgan fingerprint density at radius 1 is 0.838 bits per heavy atom. The lowest BCUT2D eigenvalue weighted by Gasteiger charge is -2.36. The summed E-state index contributed by atoms with van der Waals surface area (Å²) in [6.45, 7) is 14.4. The van der Waals surface area contributed by atoms with E-state index in [-0.39, 0.29) is 29.6 Å². The molecule has 0 rings (SSSR count). The Hall–Kier alpha value is -2.53. The maximum absolute atomic E-state index is 13.3. The van der Waals surface area contributed by atoms with Gasteiger partial charge in [0, 0.05) is 21.1 Å². The van der Waals surface area contributed by atoms with E-state index in [4.69, 9.17) is 5.73 Å². The lowest BCUT2D eigenvalue weighted by molar-refractivity contribution is -0.143. The number of carbonyl (C=O) groups excluding carboxylic acids is 5. The molecule has 0 aliphatic rings. The molecule has 0 aliphatic heterocycles. The molecule has 5 unspecified atom stereocenters. The summed E-state index contributed by atoms with van der Waals surface area (Å²) < 4.78 is 0. The molecule has 4 amide bonds. The van der Waals surface area contributed by atoms with Gasteiger partial charge in [0.15, 0.2) is 6.29 Å². The lowest BCUT2D eigenvalue weighted by atomic mass is 9.98. The van der Waals surface area contributed by atoms with Gasteiger partial charge in [-0.05, 0) is 44.4 Å². The minimum atomic E-state index is -1.60. The first kappa shape index (κ1) is 34.5. The summed E-state index contributed by atoms with van der Waals surface area (Å²) in [6, 6.07) is -3.22. The summed E-state index contributed by atoms with van der Waals surface area (Å²) in [7, 11) is 4.58. The third kappa shape index (κ3) is 10.4. The van der Waals surface area contributed by atoms with E-state index in [1.165, 1.54) is 37.9 Å². The zero-order valence-electron chi connectivity index (χ0n) is 24.5. The third-order valence-electron chi connectivity index (χ3n) is 6.38. The first-order chi connectivity index (χ1) is 16.9. The summed E-state index contributed by atoms with van der Waals surface area (Å²) in [5.41, 5.74) is 4.43. The van der Waals surface area contributed by atoms with Gasteiger partial charge < -0.3 is 26.2 Å². The Morgan fingerprint density at radius 3 is 1.65 bits per heavy atom. The molecule has 0 heterocycles. The molecule has 37 heavy (non-hydrogen) atoms. The molecule has 0 bridgehead atoms. The number of carbonyl (C=O) groups is 5. The zero-order valence-corrected chi connectivity index (χ0v) is 24.5. The molecule has 0 aromatic carbocycles. The van der Waals surface area contributed by atoms with Crippen molar-refractivity contribution in [1.29, 1.82) is 0 Å².